The molecule has 6 heteroatoms. The highest BCUT2D eigenvalue weighted by atomic mass is 127. The van der Waals surface area contributed by atoms with Gasteiger partial charge in [-0.25, -0.2) is 9.07 Å². The number of nitrogens with two attached hydrogens (primary N) is 1. The summed E-state index contributed by atoms with van der Waals surface area (Å²) in [4.78, 5) is 0. The Morgan fingerprint density at radius 2 is 2.25 bits per heavy atom. The Hall–Kier alpha value is -1.18. The van der Waals surface area contributed by atoms with Gasteiger partial charge in [-0.15, -0.1) is 5.10 Å². The largest absolute Gasteiger partial charge is 0.381 e. The zero-order chi connectivity index (χ0) is 11.7. The molecule has 4 nitrogen and oxygen atoms in total. The lowest BCUT2D eigenvalue weighted by Gasteiger charge is -2.07. The molecule has 1 aromatic carbocycles. The number of hydrogen-bond donors (Lipinski definition) is 1. The summed E-state index contributed by atoms with van der Waals surface area (Å²) in [6.07, 6.45) is 0.728. The van der Waals surface area contributed by atoms with Gasteiger partial charge in [-0.2, -0.15) is 0 Å². The zero-order valence-corrected chi connectivity index (χ0v) is 10.8. The van der Waals surface area contributed by atoms with Crippen LogP contribution in [-0.2, 0) is 6.42 Å². The van der Waals surface area contributed by atoms with Gasteiger partial charge in [0, 0.05) is 3.57 Å². The van der Waals surface area contributed by atoms with Crippen LogP contribution in [0, 0.1) is 9.39 Å². The molecule has 2 N–H and O–H groups in total. The molecule has 0 fully saturated rings. The first-order valence-corrected chi connectivity index (χ1v) is 5.86. The Bertz CT molecular complexity index is 524. The first-order valence-electron chi connectivity index (χ1n) is 4.79. The first-order chi connectivity index (χ1) is 7.63. The SMILES string of the molecule is CCc1c(N)nnn1-c1ccc(F)cc1I. The fourth-order valence-corrected chi connectivity index (χ4v) is 2.20. The van der Waals surface area contributed by atoms with E-state index in [2.05, 4.69) is 32.9 Å². The molecule has 16 heavy (non-hydrogen) atoms. The molecule has 0 aliphatic carbocycles. The predicted octanol–water partition coefficient (Wildman–Crippen LogP) is 2.16. The minimum absolute atomic E-state index is 0.265. The fraction of sp³-hybridized carbons (Fsp3) is 0.200. The molecule has 0 saturated heterocycles. The van der Waals surface area contributed by atoms with Gasteiger partial charge in [0.05, 0.1) is 11.4 Å². The Morgan fingerprint density at radius 1 is 1.50 bits per heavy atom. The van der Waals surface area contributed by atoms with Gasteiger partial charge in [0.15, 0.2) is 5.82 Å². The number of nitrogen functional groups attached to an aromatic ring is 1. The molecule has 0 bridgehead atoms. The van der Waals surface area contributed by atoms with Crippen LogP contribution < -0.4 is 5.73 Å². The van der Waals surface area contributed by atoms with Gasteiger partial charge in [0.1, 0.15) is 5.82 Å². The van der Waals surface area contributed by atoms with Crippen molar-refractivity contribution in [3.63, 3.8) is 0 Å². The highest BCUT2D eigenvalue weighted by Gasteiger charge is 2.12. The van der Waals surface area contributed by atoms with Crippen LogP contribution in [0.15, 0.2) is 18.2 Å². The number of nitrogens with zero attached hydrogens (tertiary/aromatic N) is 3. The number of aromatic nitrogens is 3. The molecule has 0 aliphatic heterocycles. The summed E-state index contributed by atoms with van der Waals surface area (Å²) in [5, 5.41) is 7.78. The summed E-state index contributed by atoms with van der Waals surface area (Å²) in [7, 11) is 0. The molecule has 84 valence electrons. The Labute approximate surface area is 106 Å². The topological polar surface area (TPSA) is 56.7 Å². The van der Waals surface area contributed by atoms with E-state index in [1.807, 2.05) is 6.92 Å². The Kier molecular flexibility index (Phi) is 3.08. The average molecular weight is 332 g/mol. The van der Waals surface area contributed by atoms with Crippen molar-refractivity contribution in [1.29, 1.82) is 0 Å². The van der Waals surface area contributed by atoms with Crippen molar-refractivity contribution in [3.8, 4) is 5.69 Å². The van der Waals surface area contributed by atoms with Crippen molar-refractivity contribution < 1.29 is 4.39 Å². The summed E-state index contributed by atoms with van der Waals surface area (Å²) in [5.74, 6) is 0.155. The van der Waals surface area contributed by atoms with Crippen LogP contribution in [0.3, 0.4) is 0 Å². The van der Waals surface area contributed by atoms with Crippen LogP contribution in [0.2, 0.25) is 0 Å². The number of rotatable bonds is 2. The van der Waals surface area contributed by atoms with Crippen LogP contribution in [-0.4, -0.2) is 15.0 Å². The molecular formula is C10H10FIN4. The Morgan fingerprint density at radius 3 is 2.88 bits per heavy atom. The van der Waals surface area contributed by atoms with Gasteiger partial charge in [0.2, 0.25) is 0 Å². The van der Waals surface area contributed by atoms with Crippen molar-refractivity contribution >= 4 is 28.4 Å². The molecule has 0 amide bonds. The standard InChI is InChI=1S/C10H10FIN4/c1-2-8-10(13)14-15-16(8)9-4-3-6(11)5-7(9)12/h3-5H,2,13H2,1H3. The van der Waals surface area contributed by atoms with Crippen molar-refractivity contribution in [3.05, 3.63) is 33.3 Å². The second-order valence-electron chi connectivity index (χ2n) is 3.28. The van der Waals surface area contributed by atoms with E-state index in [0.29, 0.717) is 5.82 Å². The fourth-order valence-electron chi connectivity index (χ4n) is 1.49. The Balaban J connectivity index is 2.58. The molecule has 0 spiro atoms. The molecular weight excluding hydrogens is 322 g/mol. The smallest absolute Gasteiger partial charge is 0.169 e. The third kappa shape index (κ3) is 1.89. The molecule has 0 aliphatic rings. The van der Waals surface area contributed by atoms with E-state index in [0.717, 1.165) is 21.4 Å². The van der Waals surface area contributed by atoms with E-state index < -0.39 is 0 Å². The second kappa shape index (κ2) is 4.36. The number of hydrogen-bond acceptors (Lipinski definition) is 3. The van der Waals surface area contributed by atoms with Gasteiger partial charge < -0.3 is 5.73 Å². The van der Waals surface area contributed by atoms with Crippen LogP contribution in [0.25, 0.3) is 5.69 Å². The summed E-state index contributed by atoms with van der Waals surface area (Å²) in [5.41, 5.74) is 7.33. The minimum atomic E-state index is -0.265. The van der Waals surface area contributed by atoms with Gasteiger partial charge in [-0.3, -0.25) is 0 Å². The maximum Gasteiger partial charge on any atom is 0.169 e. The van der Waals surface area contributed by atoms with E-state index in [9.17, 15) is 4.39 Å². The van der Waals surface area contributed by atoms with E-state index >= 15 is 0 Å². The lowest BCUT2D eigenvalue weighted by Crippen LogP contribution is -2.04. The minimum Gasteiger partial charge on any atom is -0.381 e. The van der Waals surface area contributed by atoms with E-state index in [1.54, 1.807) is 10.7 Å². The number of halogens is 2. The van der Waals surface area contributed by atoms with E-state index in [4.69, 9.17) is 5.73 Å². The molecule has 2 aromatic rings. The highest BCUT2D eigenvalue weighted by Crippen LogP contribution is 2.21. The molecule has 0 saturated carbocycles. The van der Waals surface area contributed by atoms with Crippen molar-refractivity contribution in [1.82, 2.24) is 15.0 Å². The van der Waals surface area contributed by atoms with Crippen LogP contribution in [0.5, 0.6) is 0 Å². The van der Waals surface area contributed by atoms with Gasteiger partial charge in [-0.05, 0) is 47.2 Å². The summed E-state index contributed by atoms with van der Waals surface area (Å²) < 4.78 is 15.4. The first kappa shape index (κ1) is 11.3. The van der Waals surface area contributed by atoms with Crippen LogP contribution in [0.4, 0.5) is 10.2 Å². The zero-order valence-electron chi connectivity index (χ0n) is 8.61. The van der Waals surface area contributed by atoms with Crippen LogP contribution >= 0.6 is 22.6 Å². The monoisotopic (exact) mass is 332 g/mol. The molecule has 0 unspecified atom stereocenters. The third-order valence-corrected chi connectivity index (χ3v) is 3.13. The maximum atomic E-state index is 13.0. The third-order valence-electron chi connectivity index (χ3n) is 2.27. The quantitative estimate of drug-likeness (QED) is 0.858. The van der Waals surface area contributed by atoms with Gasteiger partial charge in [-0.1, -0.05) is 12.1 Å². The van der Waals surface area contributed by atoms with E-state index in [1.165, 1.54) is 12.1 Å². The number of anilines is 1. The van der Waals surface area contributed by atoms with Crippen molar-refractivity contribution in [2.45, 2.75) is 13.3 Å². The molecule has 1 heterocycles. The number of benzene rings is 1. The lowest BCUT2D eigenvalue weighted by atomic mass is 10.3. The van der Waals surface area contributed by atoms with E-state index in [-0.39, 0.29) is 5.82 Å². The molecule has 2 rings (SSSR count). The average Bonchev–Trinajstić information content (AvgIpc) is 2.59. The summed E-state index contributed by atoms with van der Waals surface area (Å²) in [6.45, 7) is 1.97. The summed E-state index contributed by atoms with van der Waals surface area (Å²) >= 11 is 2.06. The predicted molar refractivity (Wildman–Crippen MR) is 67.8 cm³/mol. The molecule has 0 atom stereocenters. The van der Waals surface area contributed by atoms with Gasteiger partial charge >= 0.3 is 0 Å². The lowest BCUT2D eigenvalue weighted by molar-refractivity contribution is 0.625. The normalized spacial score (nSPS) is 10.7. The maximum absolute atomic E-state index is 13.0. The van der Waals surface area contributed by atoms with Crippen LogP contribution in [0.1, 0.15) is 12.6 Å². The summed E-state index contributed by atoms with van der Waals surface area (Å²) in [6, 6.07) is 4.52. The highest BCUT2D eigenvalue weighted by molar-refractivity contribution is 14.1. The molecule has 1 aromatic heterocycles. The second-order valence-corrected chi connectivity index (χ2v) is 4.44. The van der Waals surface area contributed by atoms with Gasteiger partial charge in [0.25, 0.3) is 0 Å². The molecule has 0 radical (unpaired) electrons. The van der Waals surface area contributed by atoms with Crippen molar-refractivity contribution in [2.75, 3.05) is 5.73 Å². The van der Waals surface area contributed by atoms with Crippen molar-refractivity contribution in [2.24, 2.45) is 0 Å².